The minimum absolute atomic E-state index is 0.127. The van der Waals surface area contributed by atoms with Crippen LogP contribution in [0.2, 0.25) is 0 Å². The fourth-order valence-electron chi connectivity index (χ4n) is 1.27. The van der Waals surface area contributed by atoms with Gasteiger partial charge in [0.1, 0.15) is 12.4 Å². The Morgan fingerprint density at radius 1 is 1.25 bits per heavy atom. The molecule has 16 heavy (non-hydrogen) atoms. The van der Waals surface area contributed by atoms with Gasteiger partial charge in [-0.2, -0.15) is 0 Å². The quantitative estimate of drug-likeness (QED) is 0.693. The molecule has 1 aromatic carbocycles. The molecule has 88 valence electrons. The predicted octanol–water partition coefficient (Wildman–Crippen LogP) is 5.07. The molecule has 0 bridgehead atoms. The monoisotopic (exact) mass is 346 g/mol. The average Bonchev–Trinajstić information content (AvgIpc) is 2.15. The molecule has 0 heterocycles. The van der Waals surface area contributed by atoms with Gasteiger partial charge in [0.05, 0.1) is 8.95 Å². The van der Waals surface area contributed by atoms with E-state index >= 15 is 0 Å². The van der Waals surface area contributed by atoms with E-state index in [1.165, 1.54) is 5.56 Å². The maximum Gasteiger partial charge on any atom is 0.148 e. The first-order valence-electron chi connectivity index (χ1n) is 5.09. The van der Waals surface area contributed by atoms with Crippen LogP contribution >= 0.6 is 31.9 Å². The molecule has 0 aromatic heterocycles. The molecular formula is C13H16Br2O. The fourth-order valence-corrected chi connectivity index (χ4v) is 2.69. The maximum atomic E-state index is 5.57. The van der Waals surface area contributed by atoms with E-state index in [0.29, 0.717) is 6.61 Å². The van der Waals surface area contributed by atoms with Gasteiger partial charge in [-0.1, -0.05) is 33.4 Å². The smallest absolute Gasteiger partial charge is 0.148 e. The summed E-state index contributed by atoms with van der Waals surface area (Å²) in [6.07, 6.45) is 1.73. The molecule has 0 radical (unpaired) electrons. The molecule has 0 fully saturated rings. The first-order chi connectivity index (χ1) is 7.36. The highest BCUT2D eigenvalue weighted by Crippen LogP contribution is 2.38. The number of benzene rings is 1. The highest BCUT2D eigenvalue weighted by Gasteiger charge is 2.17. The normalized spacial score (nSPS) is 11.3. The molecule has 0 aliphatic heterocycles. The topological polar surface area (TPSA) is 9.23 Å². The third-order valence-electron chi connectivity index (χ3n) is 2.21. The van der Waals surface area contributed by atoms with Crippen LogP contribution in [0.4, 0.5) is 0 Å². The van der Waals surface area contributed by atoms with Crippen LogP contribution in [0.3, 0.4) is 0 Å². The Kier molecular flexibility index (Phi) is 4.62. The number of hydrogen-bond donors (Lipinski definition) is 0. The number of rotatable bonds is 3. The van der Waals surface area contributed by atoms with Crippen LogP contribution in [-0.4, -0.2) is 6.61 Å². The third-order valence-corrected chi connectivity index (χ3v) is 3.39. The molecule has 0 amide bonds. The van der Waals surface area contributed by atoms with Gasteiger partial charge in [0.15, 0.2) is 0 Å². The van der Waals surface area contributed by atoms with E-state index in [-0.39, 0.29) is 5.41 Å². The van der Waals surface area contributed by atoms with Gasteiger partial charge in [0.2, 0.25) is 0 Å². The standard InChI is InChI=1S/C13H16Br2O/c1-5-6-16-12-10(14)7-9(8-11(12)15)13(2,3)4/h5,7-8H,1,6H2,2-4H3. The van der Waals surface area contributed by atoms with Crippen LogP contribution in [0, 0.1) is 0 Å². The third kappa shape index (κ3) is 3.36. The van der Waals surface area contributed by atoms with Crippen molar-refractivity contribution >= 4 is 31.9 Å². The maximum absolute atomic E-state index is 5.57. The molecule has 0 unspecified atom stereocenters. The van der Waals surface area contributed by atoms with Gasteiger partial charge < -0.3 is 4.74 Å². The van der Waals surface area contributed by atoms with E-state index in [1.807, 2.05) is 0 Å². The number of halogens is 2. The molecule has 0 aliphatic rings. The van der Waals surface area contributed by atoms with Gasteiger partial charge in [-0.25, -0.2) is 0 Å². The molecule has 1 nitrogen and oxygen atoms in total. The Bertz CT molecular complexity index is 368. The molecular weight excluding hydrogens is 332 g/mol. The van der Waals surface area contributed by atoms with Crippen LogP contribution in [0.5, 0.6) is 5.75 Å². The van der Waals surface area contributed by atoms with Crippen LogP contribution in [0.1, 0.15) is 26.3 Å². The summed E-state index contributed by atoms with van der Waals surface area (Å²) in [5.41, 5.74) is 1.39. The van der Waals surface area contributed by atoms with Gasteiger partial charge in [-0.05, 0) is 55.0 Å². The lowest BCUT2D eigenvalue weighted by molar-refractivity contribution is 0.358. The van der Waals surface area contributed by atoms with Gasteiger partial charge in [-0.3, -0.25) is 0 Å². The van der Waals surface area contributed by atoms with Gasteiger partial charge in [0.25, 0.3) is 0 Å². The van der Waals surface area contributed by atoms with Gasteiger partial charge in [0, 0.05) is 0 Å². The van der Waals surface area contributed by atoms with E-state index in [4.69, 9.17) is 4.74 Å². The summed E-state index contributed by atoms with van der Waals surface area (Å²) < 4.78 is 7.51. The molecule has 0 saturated carbocycles. The summed E-state index contributed by atoms with van der Waals surface area (Å²) in [5.74, 6) is 0.827. The second kappa shape index (κ2) is 5.37. The Labute approximate surface area is 114 Å². The summed E-state index contributed by atoms with van der Waals surface area (Å²) in [7, 11) is 0. The van der Waals surface area contributed by atoms with Crippen molar-refractivity contribution in [1.82, 2.24) is 0 Å². The molecule has 0 N–H and O–H groups in total. The summed E-state index contributed by atoms with van der Waals surface area (Å²) in [4.78, 5) is 0. The summed E-state index contributed by atoms with van der Waals surface area (Å²) in [5, 5.41) is 0. The van der Waals surface area contributed by atoms with E-state index in [9.17, 15) is 0 Å². The highest BCUT2D eigenvalue weighted by molar-refractivity contribution is 9.11. The summed E-state index contributed by atoms with van der Waals surface area (Å²) in [6.45, 7) is 10.7. The van der Waals surface area contributed by atoms with Crippen LogP contribution < -0.4 is 4.74 Å². The van der Waals surface area contributed by atoms with E-state index in [0.717, 1.165) is 14.7 Å². The number of hydrogen-bond acceptors (Lipinski definition) is 1. The predicted molar refractivity (Wildman–Crippen MR) is 76.2 cm³/mol. The van der Waals surface area contributed by atoms with Crippen molar-refractivity contribution in [1.29, 1.82) is 0 Å². The van der Waals surface area contributed by atoms with Crippen molar-refractivity contribution in [3.05, 3.63) is 39.3 Å². The molecule has 0 spiro atoms. The SMILES string of the molecule is C=CCOc1c(Br)cc(C(C)(C)C)cc1Br. The first kappa shape index (κ1) is 13.8. The molecule has 0 aliphatic carbocycles. The fraction of sp³-hybridized carbons (Fsp3) is 0.385. The van der Waals surface area contributed by atoms with Crippen molar-refractivity contribution in [2.75, 3.05) is 6.61 Å². The minimum atomic E-state index is 0.127. The second-order valence-corrected chi connectivity index (χ2v) is 6.33. The molecule has 0 atom stereocenters. The Balaban J connectivity index is 3.12. The Morgan fingerprint density at radius 2 is 1.75 bits per heavy atom. The van der Waals surface area contributed by atoms with Gasteiger partial charge >= 0.3 is 0 Å². The number of ether oxygens (including phenoxy) is 1. The van der Waals surface area contributed by atoms with Crippen molar-refractivity contribution in [2.24, 2.45) is 0 Å². The average molecular weight is 348 g/mol. The zero-order chi connectivity index (χ0) is 12.3. The lowest BCUT2D eigenvalue weighted by Gasteiger charge is -2.21. The zero-order valence-corrected chi connectivity index (χ0v) is 13.0. The van der Waals surface area contributed by atoms with Crippen molar-refractivity contribution in [3.8, 4) is 5.75 Å². The van der Waals surface area contributed by atoms with E-state index in [1.54, 1.807) is 6.08 Å². The zero-order valence-electron chi connectivity index (χ0n) is 9.81. The van der Waals surface area contributed by atoms with E-state index < -0.39 is 0 Å². The van der Waals surface area contributed by atoms with E-state index in [2.05, 4.69) is 71.3 Å². The lowest BCUT2D eigenvalue weighted by atomic mass is 9.87. The Hall–Kier alpha value is -0.280. The molecule has 1 aromatic rings. The van der Waals surface area contributed by atoms with Crippen LogP contribution in [0.25, 0.3) is 0 Å². The van der Waals surface area contributed by atoms with Gasteiger partial charge in [-0.15, -0.1) is 0 Å². The first-order valence-corrected chi connectivity index (χ1v) is 6.68. The Morgan fingerprint density at radius 3 is 2.12 bits per heavy atom. The summed E-state index contributed by atoms with van der Waals surface area (Å²) >= 11 is 7.06. The molecule has 1 rings (SSSR count). The molecule has 0 saturated heterocycles. The van der Waals surface area contributed by atoms with Crippen molar-refractivity contribution in [3.63, 3.8) is 0 Å². The van der Waals surface area contributed by atoms with Crippen molar-refractivity contribution in [2.45, 2.75) is 26.2 Å². The largest absolute Gasteiger partial charge is 0.487 e. The highest BCUT2D eigenvalue weighted by atomic mass is 79.9. The second-order valence-electron chi connectivity index (χ2n) is 4.62. The molecule has 3 heteroatoms. The lowest BCUT2D eigenvalue weighted by Crippen LogP contribution is -2.11. The van der Waals surface area contributed by atoms with Crippen LogP contribution in [-0.2, 0) is 5.41 Å². The minimum Gasteiger partial charge on any atom is -0.487 e. The summed E-state index contributed by atoms with van der Waals surface area (Å²) in [6, 6.07) is 4.20. The van der Waals surface area contributed by atoms with Crippen LogP contribution in [0.15, 0.2) is 33.7 Å². The van der Waals surface area contributed by atoms with Crippen molar-refractivity contribution < 1.29 is 4.74 Å².